The zero-order valence-corrected chi connectivity index (χ0v) is 13.4. The van der Waals surface area contributed by atoms with E-state index in [-0.39, 0.29) is 10.8 Å². The molecule has 18 heavy (non-hydrogen) atoms. The van der Waals surface area contributed by atoms with Crippen molar-refractivity contribution in [2.75, 3.05) is 20.3 Å². The first-order valence-electron chi connectivity index (χ1n) is 7.32. The minimum atomic E-state index is 0.224. The molecular formula is C16H32O2. The van der Waals surface area contributed by atoms with Gasteiger partial charge in [-0.2, -0.15) is 0 Å². The van der Waals surface area contributed by atoms with Crippen molar-refractivity contribution in [3.63, 3.8) is 0 Å². The molecule has 0 aromatic rings. The first-order chi connectivity index (χ1) is 8.21. The van der Waals surface area contributed by atoms with Gasteiger partial charge in [-0.3, -0.25) is 0 Å². The van der Waals surface area contributed by atoms with Crippen LogP contribution in [0.15, 0.2) is 0 Å². The van der Waals surface area contributed by atoms with Crippen molar-refractivity contribution < 1.29 is 9.47 Å². The summed E-state index contributed by atoms with van der Waals surface area (Å²) in [6.07, 6.45) is 2.86. The van der Waals surface area contributed by atoms with Crippen LogP contribution in [0.5, 0.6) is 0 Å². The number of rotatable bonds is 4. The summed E-state index contributed by atoms with van der Waals surface area (Å²) in [7, 11) is 1.73. The standard InChI is InChI=1S/C16H32O2/c1-12-10-13(2)16(5,6)14(15(3,4)11-12)18-9-8-17-7/h12-14H,8-11H2,1-7H3. The maximum absolute atomic E-state index is 6.23. The maximum atomic E-state index is 6.23. The largest absolute Gasteiger partial charge is 0.382 e. The highest BCUT2D eigenvalue weighted by Gasteiger charge is 2.47. The lowest BCUT2D eigenvalue weighted by atomic mass is 9.67. The number of hydrogen-bond acceptors (Lipinski definition) is 2. The summed E-state index contributed by atoms with van der Waals surface area (Å²) >= 11 is 0. The molecule has 2 heteroatoms. The Balaban J connectivity index is 2.89. The van der Waals surface area contributed by atoms with Gasteiger partial charge in [-0.25, -0.2) is 0 Å². The third-order valence-electron chi connectivity index (χ3n) is 4.86. The predicted molar refractivity (Wildman–Crippen MR) is 76.7 cm³/mol. The predicted octanol–water partition coefficient (Wildman–Crippen LogP) is 4.14. The Morgan fingerprint density at radius 1 is 1.06 bits per heavy atom. The van der Waals surface area contributed by atoms with Crippen molar-refractivity contribution in [1.82, 2.24) is 0 Å². The lowest BCUT2D eigenvalue weighted by Gasteiger charge is -2.45. The van der Waals surface area contributed by atoms with Gasteiger partial charge in [-0.05, 0) is 35.5 Å². The van der Waals surface area contributed by atoms with Gasteiger partial charge in [0.15, 0.2) is 0 Å². The highest BCUT2D eigenvalue weighted by atomic mass is 16.5. The van der Waals surface area contributed by atoms with E-state index in [0.717, 1.165) is 5.92 Å². The second kappa shape index (κ2) is 5.92. The molecule has 3 atom stereocenters. The summed E-state index contributed by atoms with van der Waals surface area (Å²) in [5, 5.41) is 0. The van der Waals surface area contributed by atoms with E-state index in [0.29, 0.717) is 25.2 Å². The molecule has 1 rings (SSSR count). The summed E-state index contributed by atoms with van der Waals surface area (Å²) < 4.78 is 11.4. The molecule has 0 heterocycles. The van der Waals surface area contributed by atoms with Gasteiger partial charge < -0.3 is 9.47 Å². The Morgan fingerprint density at radius 2 is 1.67 bits per heavy atom. The fourth-order valence-corrected chi connectivity index (χ4v) is 3.95. The zero-order valence-electron chi connectivity index (χ0n) is 13.4. The van der Waals surface area contributed by atoms with Crippen molar-refractivity contribution >= 4 is 0 Å². The summed E-state index contributed by atoms with van der Waals surface area (Å²) in [4.78, 5) is 0. The van der Waals surface area contributed by atoms with Crippen LogP contribution in [0.25, 0.3) is 0 Å². The molecule has 0 aromatic carbocycles. The molecule has 0 spiro atoms. The monoisotopic (exact) mass is 256 g/mol. The molecule has 0 amide bonds. The molecule has 108 valence electrons. The van der Waals surface area contributed by atoms with E-state index in [1.807, 2.05) is 0 Å². The average Bonchev–Trinajstić information content (AvgIpc) is 2.26. The van der Waals surface area contributed by atoms with Gasteiger partial charge >= 0.3 is 0 Å². The molecule has 3 unspecified atom stereocenters. The summed E-state index contributed by atoms with van der Waals surface area (Å²) in [5.74, 6) is 1.48. The minimum absolute atomic E-state index is 0.224. The van der Waals surface area contributed by atoms with E-state index >= 15 is 0 Å². The molecule has 2 nitrogen and oxygen atoms in total. The molecular weight excluding hydrogens is 224 g/mol. The first-order valence-corrected chi connectivity index (χ1v) is 7.32. The highest BCUT2D eigenvalue weighted by molar-refractivity contribution is 4.97. The fourth-order valence-electron chi connectivity index (χ4n) is 3.95. The first kappa shape index (κ1) is 16.0. The van der Waals surface area contributed by atoms with E-state index in [1.54, 1.807) is 7.11 Å². The van der Waals surface area contributed by atoms with Crippen molar-refractivity contribution in [2.24, 2.45) is 22.7 Å². The van der Waals surface area contributed by atoms with Crippen LogP contribution in [-0.2, 0) is 9.47 Å². The van der Waals surface area contributed by atoms with Crippen molar-refractivity contribution in [2.45, 2.75) is 60.5 Å². The summed E-state index contributed by atoms with van der Waals surface area (Å²) in [5.41, 5.74) is 0.462. The third-order valence-corrected chi connectivity index (χ3v) is 4.86. The summed E-state index contributed by atoms with van der Waals surface area (Å²) in [6, 6.07) is 0. The Labute approximate surface area is 113 Å². The quantitative estimate of drug-likeness (QED) is 0.556. The van der Waals surface area contributed by atoms with Gasteiger partial charge in [0.25, 0.3) is 0 Å². The van der Waals surface area contributed by atoms with Crippen molar-refractivity contribution in [3.8, 4) is 0 Å². The molecule has 0 radical (unpaired) electrons. The van der Waals surface area contributed by atoms with Crippen LogP contribution in [0.4, 0.5) is 0 Å². The van der Waals surface area contributed by atoms with Crippen molar-refractivity contribution in [1.29, 1.82) is 0 Å². The second-order valence-corrected chi connectivity index (χ2v) is 7.50. The lowest BCUT2D eigenvalue weighted by Crippen LogP contribution is -2.45. The number of hydrogen-bond donors (Lipinski definition) is 0. The van der Waals surface area contributed by atoms with Crippen LogP contribution in [0.2, 0.25) is 0 Å². The second-order valence-electron chi connectivity index (χ2n) is 7.50. The molecule has 0 aromatic heterocycles. The zero-order chi connectivity index (χ0) is 14.0. The van der Waals surface area contributed by atoms with Gasteiger partial charge in [0, 0.05) is 7.11 Å². The molecule has 1 aliphatic carbocycles. The van der Waals surface area contributed by atoms with Crippen molar-refractivity contribution in [3.05, 3.63) is 0 Å². The van der Waals surface area contributed by atoms with Crippen LogP contribution in [-0.4, -0.2) is 26.4 Å². The Morgan fingerprint density at radius 3 is 2.22 bits per heavy atom. The Bertz CT molecular complexity index is 258. The topological polar surface area (TPSA) is 18.5 Å². The van der Waals surface area contributed by atoms with Gasteiger partial charge in [0.05, 0.1) is 19.3 Å². The van der Waals surface area contributed by atoms with Gasteiger partial charge in [-0.15, -0.1) is 0 Å². The highest BCUT2D eigenvalue weighted by Crippen LogP contribution is 2.50. The van der Waals surface area contributed by atoms with E-state index in [4.69, 9.17) is 9.47 Å². The number of methoxy groups -OCH3 is 1. The van der Waals surface area contributed by atoms with Crippen LogP contribution >= 0.6 is 0 Å². The molecule has 1 fully saturated rings. The SMILES string of the molecule is COCCOC1C(C)(C)CC(C)CC(C)C1(C)C. The maximum Gasteiger partial charge on any atom is 0.0704 e. The smallest absolute Gasteiger partial charge is 0.0704 e. The molecule has 0 bridgehead atoms. The van der Waals surface area contributed by atoms with Crippen LogP contribution in [0.3, 0.4) is 0 Å². The van der Waals surface area contributed by atoms with Crippen LogP contribution in [0.1, 0.15) is 54.4 Å². The minimum Gasteiger partial charge on any atom is -0.382 e. The van der Waals surface area contributed by atoms with Gasteiger partial charge in [0.1, 0.15) is 0 Å². The van der Waals surface area contributed by atoms with E-state index < -0.39 is 0 Å². The van der Waals surface area contributed by atoms with Gasteiger partial charge in [-0.1, -0.05) is 41.5 Å². The lowest BCUT2D eigenvalue weighted by molar-refractivity contribution is -0.115. The van der Waals surface area contributed by atoms with Gasteiger partial charge in [0.2, 0.25) is 0 Å². The Kier molecular flexibility index (Phi) is 5.25. The molecule has 0 saturated heterocycles. The van der Waals surface area contributed by atoms with E-state index in [9.17, 15) is 0 Å². The molecule has 1 saturated carbocycles. The molecule has 1 aliphatic rings. The van der Waals surface area contributed by atoms with Crippen LogP contribution in [0, 0.1) is 22.7 Å². The van der Waals surface area contributed by atoms with E-state index in [1.165, 1.54) is 12.8 Å². The molecule has 0 aliphatic heterocycles. The average molecular weight is 256 g/mol. The summed E-state index contributed by atoms with van der Waals surface area (Å²) in [6.45, 7) is 15.6. The number of ether oxygens (including phenoxy) is 2. The normalized spacial score (nSPS) is 35.2. The fraction of sp³-hybridized carbons (Fsp3) is 1.00. The van der Waals surface area contributed by atoms with Crippen LogP contribution < -0.4 is 0 Å². The third kappa shape index (κ3) is 3.48. The Hall–Kier alpha value is -0.0800. The molecule has 0 N–H and O–H groups in total. The van der Waals surface area contributed by atoms with E-state index in [2.05, 4.69) is 41.5 Å².